The van der Waals surface area contributed by atoms with Crippen molar-refractivity contribution in [1.82, 2.24) is 19.9 Å². The van der Waals surface area contributed by atoms with Gasteiger partial charge in [0.1, 0.15) is 17.4 Å². The van der Waals surface area contributed by atoms with Crippen LogP contribution in [-0.2, 0) is 0 Å². The summed E-state index contributed by atoms with van der Waals surface area (Å²) in [6.07, 6.45) is 0. The van der Waals surface area contributed by atoms with Crippen LogP contribution in [-0.4, -0.2) is 47.0 Å². The molecule has 6 rings (SSSR count). The molecular formula is C30H26N6O2. The highest BCUT2D eigenvalue weighted by Crippen LogP contribution is 2.26. The Kier molecular flexibility index (Phi) is 5.76. The van der Waals surface area contributed by atoms with E-state index in [0.29, 0.717) is 11.3 Å². The minimum absolute atomic E-state index is 0.205. The van der Waals surface area contributed by atoms with Crippen LogP contribution in [0.3, 0.4) is 0 Å². The van der Waals surface area contributed by atoms with Gasteiger partial charge < -0.3 is 24.9 Å². The fourth-order valence-electron chi connectivity index (χ4n) is 4.38. The molecular weight excluding hydrogens is 476 g/mol. The van der Waals surface area contributed by atoms with Crippen molar-refractivity contribution in [2.45, 2.75) is 0 Å². The molecule has 0 aliphatic carbocycles. The van der Waals surface area contributed by atoms with E-state index < -0.39 is 0 Å². The molecule has 0 bridgehead atoms. The predicted octanol–water partition coefficient (Wildman–Crippen LogP) is 6.10. The van der Waals surface area contributed by atoms with Crippen molar-refractivity contribution in [3.05, 3.63) is 90.5 Å². The van der Waals surface area contributed by atoms with E-state index in [1.54, 1.807) is 13.2 Å². The van der Waals surface area contributed by atoms with Gasteiger partial charge in [-0.05, 0) is 84.9 Å². The fourth-order valence-corrected chi connectivity index (χ4v) is 4.38. The van der Waals surface area contributed by atoms with Crippen LogP contribution in [0.2, 0.25) is 0 Å². The van der Waals surface area contributed by atoms with Crippen molar-refractivity contribution in [3.8, 4) is 28.5 Å². The predicted molar refractivity (Wildman–Crippen MR) is 152 cm³/mol. The van der Waals surface area contributed by atoms with Crippen LogP contribution < -0.4 is 15.0 Å². The normalized spacial score (nSPS) is 11.1. The molecule has 3 N–H and O–H groups in total. The van der Waals surface area contributed by atoms with Gasteiger partial charge in [-0.2, -0.15) is 0 Å². The van der Waals surface area contributed by atoms with Crippen LogP contribution in [0.25, 0.3) is 44.8 Å². The van der Waals surface area contributed by atoms with E-state index in [-0.39, 0.29) is 5.91 Å². The maximum absolute atomic E-state index is 13.1. The van der Waals surface area contributed by atoms with Crippen molar-refractivity contribution in [2.24, 2.45) is 0 Å². The number of carbonyl (C=O) groups is 1. The highest BCUT2D eigenvalue weighted by atomic mass is 16.5. The molecule has 0 fully saturated rings. The van der Waals surface area contributed by atoms with Crippen LogP contribution in [0.15, 0.2) is 84.9 Å². The van der Waals surface area contributed by atoms with Gasteiger partial charge in [0.05, 0.1) is 29.2 Å². The first kappa shape index (κ1) is 23.3. The van der Waals surface area contributed by atoms with Crippen LogP contribution in [0.1, 0.15) is 10.4 Å². The van der Waals surface area contributed by atoms with Crippen molar-refractivity contribution in [2.75, 3.05) is 31.4 Å². The molecule has 4 aromatic carbocycles. The van der Waals surface area contributed by atoms with Crippen LogP contribution in [0.4, 0.5) is 11.4 Å². The molecule has 0 aliphatic heterocycles. The summed E-state index contributed by atoms with van der Waals surface area (Å²) in [6.45, 7) is 0. The maximum atomic E-state index is 13.1. The number of hydrogen-bond donors (Lipinski definition) is 3. The molecule has 0 radical (unpaired) electrons. The van der Waals surface area contributed by atoms with Gasteiger partial charge in [-0.15, -0.1) is 0 Å². The Labute approximate surface area is 219 Å². The number of benzene rings is 4. The number of carbonyl (C=O) groups excluding carboxylic acids is 1. The number of aromatic amines is 2. The van der Waals surface area contributed by atoms with E-state index >= 15 is 0 Å². The monoisotopic (exact) mass is 502 g/mol. The number of nitrogens with one attached hydrogen (secondary N) is 3. The highest BCUT2D eigenvalue weighted by Gasteiger charge is 2.12. The van der Waals surface area contributed by atoms with Gasteiger partial charge in [0, 0.05) is 42.2 Å². The summed E-state index contributed by atoms with van der Waals surface area (Å²) in [6, 6.07) is 27.0. The summed E-state index contributed by atoms with van der Waals surface area (Å²) in [4.78, 5) is 31.2. The summed E-state index contributed by atoms with van der Waals surface area (Å²) in [5.41, 5.74) is 7.52. The lowest BCUT2D eigenvalue weighted by molar-refractivity contribution is 0.102. The fraction of sp³-hybridized carbons (Fsp3) is 0.100. The number of rotatable bonds is 6. The van der Waals surface area contributed by atoms with E-state index in [0.717, 1.165) is 56.3 Å². The lowest BCUT2D eigenvalue weighted by atomic mass is 10.2. The zero-order valence-electron chi connectivity index (χ0n) is 21.2. The topological polar surface area (TPSA) is 98.9 Å². The number of H-pyrrole nitrogens is 2. The maximum Gasteiger partial charge on any atom is 0.255 e. The zero-order valence-corrected chi connectivity index (χ0v) is 21.2. The minimum Gasteiger partial charge on any atom is -0.497 e. The van der Waals surface area contributed by atoms with Crippen LogP contribution in [0.5, 0.6) is 5.75 Å². The molecule has 0 unspecified atom stereocenters. The van der Waals surface area contributed by atoms with Gasteiger partial charge in [-0.3, -0.25) is 4.79 Å². The first-order valence-corrected chi connectivity index (χ1v) is 12.2. The number of nitrogens with zero attached hydrogens (tertiary/aromatic N) is 3. The second-order valence-corrected chi connectivity index (χ2v) is 9.26. The van der Waals surface area contributed by atoms with E-state index in [4.69, 9.17) is 14.7 Å². The molecule has 1 amide bonds. The van der Waals surface area contributed by atoms with Crippen LogP contribution in [0, 0.1) is 0 Å². The Balaban J connectivity index is 1.21. The number of methoxy groups -OCH3 is 1. The van der Waals surface area contributed by atoms with Crippen molar-refractivity contribution in [1.29, 1.82) is 0 Å². The molecule has 0 saturated heterocycles. The minimum atomic E-state index is -0.205. The summed E-state index contributed by atoms with van der Waals surface area (Å²) >= 11 is 0. The first-order valence-electron chi connectivity index (χ1n) is 12.2. The third kappa shape index (κ3) is 4.43. The van der Waals surface area contributed by atoms with Crippen molar-refractivity contribution < 1.29 is 9.53 Å². The second kappa shape index (κ2) is 9.40. The number of aromatic nitrogens is 4. The number of amides is 1. The molecule has 0 spiro atoms. The van der Waals surface area contributed by atoms with E-state index in [9.17, 15) is 4.79 Å². The lowest BCUT2D eigenvalue weighted by Crippen LogP contribution is -2.11. The summed E-state index contributed by atoms with van der Waals surface area (Å²) in [5.74, 6) is 2.10. The lowest BCUT2D eigenvalue weighted by Gasteiger charge is -2.11. The summed E-state index contributed by atoms with van der Waals surface area (Å²) < 4.78 is 5.23. The highest BCUT2D eigenvalue weighted by molar-refractivity contribution is 6.06. The second-order valence-electron chi connectivity index (χ2n) is 9.26. The van der Waals surface area contributed by atoms with Gasteiger partial charge >= 0.3 is 0 Å². The smallest absolute Gasteiger partial charge is 0.255 e. The zero-order chi connectivity index (χ0) is 26.2. The number of ether oxygens (including phenoxy) is 1. The Morgan fingerprint density at radius 2 is 1.42 bits per heavy atom. The van der Waals surface area contributed by atoms with Crippen molar-refractivity contribution >= 4 is 39.3 Å². The van der Waals surface area contributed by atoms with Gasteiger partial charge in [-0.1, -0.05) is 0 Å². The average Bonchev–Trinajstić information content (AvgIpc) is 3.57. The molecule has 6 aromatic rings. The summed E-state index contributed by atoms with van der Waals surface area (Å²) in [7, 11) is 5.66. The molecule has 8 nitrogen and oxygen atoms in total. The van der Waals surface area contributed by atoms with E-state index in [1.807, 2.05) is 80.8 Å². The molecule has 0 saturated carbocycles. The number of fused-ring (bicyclic) bond motifs is 2. The molecule has 38 heavy (non-hydrogen) atoms. The molecule has 2 aromatic heterocycles. The largest absolute Gasteiger partial charge is 0.497 e. The Morgan fingerprint density at radius 1 is 0.763 bits per heavy atom. The summed E-state index contributed by atoms with van der Waals surface area (Å²) in [5, 5.41) is 2.99. The molecule has 8 heteroatoms. The first-order chi connectivity index (χ1) is 18.5. The van der Waals surface area contributed by atoms with Gasteiger partial charge in [0.2, 0.25) is 0 Å². The third-order valence-electron chi connectivity index (χ3n) is 6.51. The standard InChI is InChI=1S/C30H26N6O2/c1-36(2)22-10-4-18(5-11-22)28-32-24-14-8-20(16-26(24)34-28)30(37)31-21-9-15-25-27(17-21)35-29(33-25)19-6-12-23(38-3)13-7-19/h4-17H,1-3H3,(H,31,37)(H,32,34)(H,33,35). The number of imidazole rings is 2. The third-order valence-corrected chi connectivity index (χ3v) is 6.51. The number of anilines is 2. The Morgan fingerprint density at radius 3 is 2.11 bits per heavy atom. The molecule has 0 aliphatic rings. The Hall–Kier alpha value is -5.11. The SMILES string of the molecule is COc1ccc(-c2nc3cc(NC(=O)c4ccc5nc(-c6ccc(N(C)C)cc6)[nH]c5c4)ccc3[nH]2)cc1. The molecule has 2 heterocycles. The van der Waals surface area contributed by atoms with Gasteiger partial charge in [0.25, 0.3) is 5.91 Å². The van der Waals surface area contributed by atoms with E-state index in [2.05, 4.69) is 32.3 Å². The molecule has 188 valence electrons. The Bertz CT molecular complexity index is 1770. The average molecular weight is 503 g/mol. The van der Waals surface area contributed by atoms with Crippen molar-refractivity contribution in [3.63, 3.8) is 0 Å². The van der Waals surface area contributed by atoms with E-state index in [1.165, 1.54) is 0 Å². The van der Waals surface area contributed by atoms with Crippen LogP contribution >= 0.6 is 0 Å². The quantitative estimate of drug-likeness (QED) is 0.256. The molecule has 0 atom stereocenters. The van der Waals surface area contributed by atoms with Gasteiger partial charge in [0.15, 0.2) is 0 Å². The van der Waals surface area contributed by atoms with Gasteiger partial charge in [-0.25, -0.2) is 9.97 Å². The number of hydrogen-bond acceptors (Lipinski definition) is 5.